The van der Waals surface area contributed by atoms with Crippen molar-refractivity contribution in [2.75, 3.05) is 6.54 Å². The molecule has 0 saturated carbocycles. The van der Waals surface area contributed by atoms with Gasteiger partial charge in [-0.2, -0.15) is 0 Å². The molecule has 0 unspecified atom stereocenters. The molecule has 1 aliphatic rings. The molecule has 0 aromatic heterocycles. The zero-order chi connectivity index (χ0) is 20.9. The maximum atomic E-state index is 12.8. The van der Waals surface area contributed by atoms with Gasteiger partial charge in [0.15, 0.2) is 0 Å². The molecule has 1 fully saturated rings. The average Bonchev–Trinajstić information content (AvgIpc) is 3.07. The van der Waals surface area contributed by atoms with Crippen LogP contribution in [0, 0.1) is 0 Å². The summed E-state index contributed by atoms with van der Waals surface area (Å²) in [6.07, 6.45) is -1.58. The van der Waals surface area contributed by atoms with Crippen LogP contribution in [0.2, 0.25) is 0 Å². The van der Waals surface area contributed by atoms with E-state index >= 15 is 0 Å². The van der Waals surface area contributed by atoms with Crippen molar-refractivity contribution in [2.45, 2.75) is 70.0 Å². The number of rotatable bonds is 8. The number of carboxylic acids is 1. The molecular formula is C16H28N4O7. The predicted octanol–water partition coefficient (Wildman–Crippen LogP) is -2.86. The third-order valence-corrected chi connectivity index (χ3v) is 4.44. The third-order valence-electron chi connectivity index (χ3n) is 4.44. The molecule has 0 radical (unpaired) electrons. The monoisotopic (exact) mass is 388 g/mol. The van der Waals surface area contributed by atoms with Crippen LogP contribution in [0.5, 0.6) is 0 Å². The van der Waals surface area contributed by atoms with Crippen LogP contribution in [-0.2, 0) is 19.2 Å². The molecule has 3 amide bonds. The molecule has 1 aliphatic heterocycles. The molecule has 6 atom stereocenters. The van der Waals surface area contributed by atoms with E-state index in [-0.39, 0.29) is 6.54 Å². The van der Waals surface area contributed by atoms with Crippen molar-refractivity contribution < 1.29 is 34.5 Å². The number of hydrogen-bond donors (Lipinski definition) is 6. The fourth-order valence-electron chi connectivity index (χ4n) is 2.71. The first-order valence-corrected chi connectivity index (χ1v) is 8.73. The predicted molar refractivity (Wildman–Crippen MR) is 93.2 cm³/mol. The summed E-state index contributed by atoms with van der Waals surface area (Å²) in [5, 5.41) is 32.8. The smallest absolute Gasteiger partial charge is 0.325 e. The summed E-state index contributed by atoms with van der Waals surface area (Å²) in [7, 11) is 0. The first-order valence-electron chi connectivity index (χ1n) is 8.73. The van der Waals surface area contributed by atoms with E-state index in [0.29, 0.717) is 12.8 Å². The van der Waals surface area contributed by atoms with Crippen LogP contribution in [0.1, 0.15) is 33.6 Å². The number of nitrogens with one attached hydrogen (secondary N) is 2. The van der Waals surface area contributed by atoms with Crippen molar-refractivity contribution in [2.24, 2.45) is 5.73 Å². The van der Waals surface area contributed by atoms with Gasteiger partial charge < -0.3 is 36.6 Å². The van der Waals surface area contributed by atoms with Gasteiger partial charge in [0.2, 0.25) is 17.7 Å². The number of nitrogens with two attached hydrogens (primary N) is 1. The summed E-state index contributed by atoms with van der Waals surface area (Å²) >= 11 is 0. The van der Waals surface area contributed by atoms with Crippen LogP contribution in [0.3, 0.4) is 0 Å². The molecule has 154 valence electrons. The summed E-state index contributed by atoms with van der Waals surface area (Å²) in [4.78, 5) is 49.2. The normalized spacial score (nSPS) is 22.3. The number of hydrogen-bond acceptors (Lipinski definition) is 7. The van der Waals surface area contributed by atoms with Gasteiger partial charge in [0.1, 0.15) is 24.2 Å². The van der Waals surface area contributed by atoms with Gasteiger partial charge in [0.25, 0.3) is 0 Å². The van der Waals surface area contributed by atoms with Crippen molar-refractivity contribution in [3.63, 3.8) is 0 Å². The van der Waals surface area contributed by atoms with E-state index in [9.17, 15) is 29.4 Å². The van der Waals surface area contributed by atoms with Gasteiger partial charge in [0, 0.05) is 6.54 Å². The molecule has 11 heteroatoms. The van der Waals surface area contributed by atoms with Gasteiger partial charge in [-0.25, -0.2) is 0 Å². The lowest BCUT2D eigenvalue weighted by Crippen LogP contribution is -2.60. The van der Waals surface area contributed by atoms with Crippen molar-refractivity contribution in [1.82, 2.24) is 15.5 Å². The SMILES string of the molecule is C[C@H](NC(=O)[C@@H]1CCCN1C(=O)[C@@H](NC(=O)[C@@H](N)[C@@H](C)O)[C@@H](C)O)C(=O)O. The molecule has 1 saturated heterocycles. The Morgan fingerprint density at radius 2 is 1.67 bits per heavy atom. The number of carbonyl (C=O) groups excluding carboxylic acids is 3. The van der Waals surface area contributed by atoms with Gasteiger partial charge in [-0.05, 0) is 33.6 Å². The zero-order valence-corrected chi connectivity index (χ0v) is 15.6. The average molecular weight is 388 g/mol. The Morgan fingerprint density at radius 1 is 1.07 bits per heavy atom. The molecule has 1 heterocycles. The highest BCUT2D eigenvalue weighted by atomic mass is 16.4. The number of carboxylic acid groups (broad SMARTS) is 1. The Hall–Kier alpha value is -2.24. The number of aliphatic hydroxyl groups is 2. The van der Waals surface area contributed by atoms with Gasteiger partial charge in [0.05, 0.1) is 12.2 Å². The largest absolute Gasteiger partial charge is 0.480 e. The van der Waals surface area contributed by atoms with E-state index in [4.69, 9.17) is 10.8 Å². The molecule has 7 N–H and O–H groups in total. The van der Waals surface area contributed by atoms with Crippen LogP contribution in [0.15, 0.2) is 0 Å². The summed E-state index contributed by atoms with van der Waals surface area (Å²) in [5.74, 6) is -3.33. The minimum absolute atomic E-state index is 0.222. The summed E-state index contributed by atoms with van der Waals surface area (Å²) in [6.45, 7) is 4.14. The highest BCUT2D eigenvalue weighted by Gasteiger charge is 2.40. The van der Waals surface area contributed by atoms with Crippen LogP contribution >= 0.6 is 0 Å². The van der Waals surface area contributed by atoms with E-state index in [1.165, 1.54) is 25.7 Å². The molecule has 0 aromatic rings. The van der Waals surface area contributed by atoms with Crippen molar-refractivity contribution in [1.29, 1.82) is 0 Å². The van der Waals surface area contributed by atoms with Crippen LogP contribution in [0.4, 0.5) is 0 Å². The highest BCUT2D eigenvalue weighted by Crippen LogP contribution is 2.19. The fraction of sp³-hybridized carbons (Fsp3) is 0.750. The van der Waals surface area contributed by atoms with Gasteiger partial charge >= 0.3 is 5.97 Å². The maximum Gasteiger partial charge on any atom is 0.325 e. The molecule has 11 nitrogen and oxygen atoms in total. The van der Waals surface area contributed by atoms with Gasteiger partial charge in [-0.15, -0.1) is 0 Å². The van der Waals surface area contributed by atoms with Gasteiger partial charge in [-0.3, -0.25) is 19.2 Å². The number of amides is 3. The maximum absolute atomic E-state index is 12.8. The first kappa shape index (κ1) is 22.8. The fourth-order valence-corrected chi connectivity index (χ4v) is 2.71. The van der Waals surface area contributed by atoms with E-state index in [1.807, 2.05) is 0 Å². The van der Waals surface area contributed by atoms with Crippen molar-refractivity contribution in [3.05, 3.63) is 0 Å². The lowest BCUT2D eigenvalue weighted by molar-refractivity contribution is -0.146. The number of aliphatic hydroxyl groups excluding tert-OH is 2. The zero-order valence-electron chi connectivity index (χ0n) is 15.6. The minimum Gasteiger partial charge on any atom is -0.480 e. The van der Waals surface area contributed by atoms with Crippen molar-refractivity contribution >= 4 is 23.7 Å². The van der Waals surface area contributed by atoms with Crippen molar-refractivity contribution in [3.8, 4) is 0 Å². The molecule has 0 aromatic carbocycles. The molecule has 0 bridgehead atoms. The number of nitrogens with zero attached hydrogens (tertiary/aromatic N) is 1. The number of carbonyl (C=O) groups is 4. The molecule has 1 rings (SSSR count). The Bertz CT molecular complexity index is 581. The van der Waals surface area contributed by atoms with Crippen LogP contribution in [0.25, 0.3) is 0 Å². The van der Waals surface area contributed by atoms with Crippen LogP contribution < -0.4 is 16.4 Å². The van der Waals surface area contributed by atoms with E-state index < -0.39 is 60.1 Å². The quantitative estimate of drug-likeness (QED) is 0.256. The molecular weight excluding hydrogens is 360 g/mol. The Balaban J connectivity index is 2.89. The number of likely N-dealkylation sites (tertiary alicyclic amines) is 1. The van der Waals surface area contributed by atoms with E-state index in [2.05, 4.69) is 10.6 Å². The Kier molecular flexibility index (Phi) is 8.13. The van der Waals surface area contributed by atoms with E-state index in [0.717, 1.165) is 0 Å². The summed E-state index contributed by atoms with van der Waals surface area (Å²) < 4.78 is 0. The minimum atomic E-state index is -1.35. The first-order chi connectivity index (χ1) is 12.5. The molecule has 0 spiro atoms. The molecule has 27 heavy (non-hydrogen) atoms. The second-order valence-corrected chi connectivity index (χ2v) is 6.75. The second-order valence-electron chi connectivity index (χ2n) is 6.75. The number of aliphatic carboxylic acids is 1. The third kappa shape index (κ3) is 5.88. The lowest BCUT2D eigenvalue weighted by atomic mass is 10.1. The summed E-state index contributed by atoms with van der Waals surface area (Å²) in [5.41, 5.74) is 5.53. The Labute approximate surface area is 156 Å². The lowest BCUT2D eigenvalue weighted by Gasteiger charge is -2.31. The van der Waals surface area contributed by atoms with Crippen LogP contribution in [-0.4, -0.2) is 86.8 Å². The standard InChI is InChI=1S/C16H28N4O7/c1-7(16(26)27)18-13(23)10-5-4-6-20(10)15(25)12(9(3)22)19-14(24)11(17)8(2)21/h7-12,21-22H,4-6,17H2,1-3H3,(H,18,23)(H,19,24)(H,26,27)/t7-,8+,9+,10-,11-,12-/m0/s1. The Morgan fingerprint density at radius 3 is 2.15 bits per heavy atom. The van der Waals surface area contributed by atoms with E-state index in [1.54, 1.807) is 0 Å². The molecule has 0 aliphatic carbocycles. The second kappa shape index (κ2) is 9.62. The van der Waals surface area contributed by atoms with Gasteiger partial charge in [-0.1, -0.05) is 0 Å². The summed E-state index contributed by atoms with van der Waals surface area (Å²) in [6, 6.07) is -4.66. The highest BCUT2D eigenvalue weighted by molar-refractivity contribution is 5.94. The topological polar surface area (TPSA) is 182 Å².